The Labute approximate surface area is 116 Å². The van der Waals surface area contributed by atoms with Gasteiger partial charge in [-0.15, -0.1) is 0 Å². The summed E-state index contributed by atoms with van der Waals surface area (Å²) in [5.41, 5.74) is 3.97. The fraction of sp³-hybridized carbons (Fsp3) is 0.118. The van der Waals surface area contributed by atoms with Gasteiger partial charge in [0.25, 0.3) is 0 Å². The molecule has 0 saturated heterocycles. The summed E-state index contributed by atoms with van der Waals surface area (Å²) in [6, 6.07) is 15.5. The predicted octanol–water partition coefficient (Wildman–Crippen LogP) is 4.01. The summed E-state index contributed by atoms with van der Waals surface area (Å²) in [6.07, 6.45) is 0. The SMILES string of the molecule is Cc1cc2oc(-c3ccccc3)cc(=NO)c2cc1C. The molecular formula is C17H15NO2. The van der Waals surface area contributed by atoms with Crippen LogP contribution in [-0.2, 0) is 0 Å². The summed E-state index contributed by atoms with van der Waals surface area (Å²) in [7, 11) is 0. The number of fused-ring (bicyclic) bond motifs is 1. The van der Waals surface area contributed by atoms with E-state index in [1.165, 1.54) is 0 Å². The molecule has 0 spiro atoms. The van der Waals surface area contributed by atoms with Gasteiger partial charge >= 0.3 is 0 Å². The maximum Gasteiger partial charge on any atom is 0.137 e. The van der Waals surface area contributed by atoms with Crippen LogP contribution in [0.5, 0.6) is 0 Å². The Morgan fingerprint density at radius 2 is 1.65 bits per heavy atom. The number of rotatable bonds is 1. The number of hydrogen-bond acceptors (Lipinski definition) is 3. The molecule has 0 fully saturated rings. The average molecular weight is 265 g/mol. The molecule has 100 valence electrons. The lowest BCUT2D eigenvalue weighted by Gasteiger charge is -2.07. The van der Waals surface area contributed by atoms with Gasteiger partial charge in [-0.05, 0) is 37.1 Å². The van der Waals surface area contributed by atoms with Crippen LogP contribution in [0, 0.1) is 13.8 Å². The van der Waals surface area contributed by atoms with Crippen LogP contribution in [0.1, 0.15) is 11.1 Å². The first-order chi connectivity index (χ1) is 9.69. The molecule has 3 nitrogen and oxygen atoms in total. The molecule has 0 bridgehead atoms. The van der Waals surface area contributed by atoms with Crippen molar-refractivity contribution < 1.29 is 9.62 Å². The van der Waals surface area contributed by atoms with Gasteiger partial charge in [-0.1, -0.05) is 35.5 Å². The zero-order chi connectivity index (χ0) is 14.1. The molecule has 0 aliphatic heterocycles. The molecule has 0 atom stereocenters. The van der Waals surface area contributed by atoms with Gasteiger partial charge in [0.2, 0.25) is 0 Å². The van der Waals surface area contributed by atoms with Crippen molar-refractivity contribution in [2.75, 3.05) is 0 Å². The topological polar surface area (TPSA) is 45.7 Å². The molecular weight excluding hydrogens is 250 g/mol. The summed E-state index contributed by atoms with van der Waals surface area (Å²) < 4.78 is 5.96. The van der Waals surface area contributed by atoms with E-state index in [2.05, 4.69) is 5.16 Å². The van der Waals surface area contributed by atoms with E-state index in [1.807, 2.05) is 56.3 Å². The molecule has 20 heavy (non-hydrogen) atoms. The lowest BCUT2D eigenvalue weighted by Crippen LogP contribution is -2.04. The Balaban J connectivity index is 2.36. The van der Waals surface area contributed by atoms with Crippen molar-refractivity contribution in [3.8, 4) is 11.3 Å². The maximum absolute atomic E-state index is 9.25. The summed E-state index contributed by atoms with van der Waals surface area (Å²) in [5, 5.41) is 14.0. The Bertz CT molecular complexity index is 833. The van der Waals surface area contributed by atoms with Gasteiger partial charge in [-0.25, -0.2) is 0 Å². The zero-order valence-electron chi connectivity index (χ0n) is 11.4. The standard InChI is InChI=1S/C17H15NO2/c1-11-8-14-15(18-19)10-16(13-6-4-3-5-7-13)20-17(14)9-12(11)2/h3-10,19H,1-2H3. The van der Waals surface area contributed by atoms with Gasteiger partial charge in [-0.3, -0.25) is 0 Å². The third-order valence-corrected chi connectivity index (χ3v) is 3.53. The lowest BCUT2D eigenvalue weighted by atomic mass is 10.1. The van der Waals surface area contributed by atoms with Crippen LogP contribution >= 0.6 is 0 Å². The summed E-state index contributed by atoms with van der Waals surface area (Å²) in [5.74, 6) is 0.689. The smallest absolute Gasteiger partial charge is 0.137 e. The first-order valence-electron chi connectivity index (χ1n) is 6.47. The van der Waals surface area contributed by atoms with Gasteiger partial charge < -0.3 is 9.62 Å². The van der Waals surface area contributed by atoms with Crippen LogP contribution < -0.4 is 5.36 Å². The summed E-state index contributed by atoms with van der Waals surface area (Å²) in [4.78, 5) is 0. The maximum atomic E-state index is 9.25. The Kier molecular flexibility index (Phi) is 3.03. The van der Waals surface area contributed by atoms with Crippen molar-refractivity contribution in [1.29, 1.82) is 0 Å². The number of benzene rings is 2. The normalized spacial score (nSPS) is 12.0. The van der Waals surface area contributed by atoms with E-state index < -0.39 is 0 Å². The Morgan fingerprint density at radius 1 is 0.950 bits per heavy atom. The highest BCUT2D eigenvalue weighted by Crippen LogP contribution is 2.23. The molecule has 0 amide bonds. The molecule has 1 aromatic heterocycles. The van der Waals surface area contributed by atoms with Crippen molar-refractivity contribution in [3.05, 3.63) is 65.0 Å². The summed E-state index contributed by atoms with van der Waals surface area (Å²) >= 11 is 0. The second kappa shape index (κ2) is 4.85. The highest BCUT2D eigenvalue weighted by atomic mass is 16.4. The van der Waals surface area contributed by atoms with E-state index in [0.29, 0.717) is 11.1 Å². The molecule has 3 rings (SSSR count). The van der Waals surface area contributed by atoms with E-state index >= 15 is 0 Å². The molecule has 2 aromatic carbocycles. The average Bonchev–Trinajstić information content (AvgIpc) is 2.48. The number of nitrogens with zero attached hydrogens (tertiary/aromatic N) is 1. The predicted molar refractivity (Wildman–Crippen MR) is 78.5 cm³/mol. The van der Waals surface area contributed by atoms with Crippen LogP contribution in [-0.4, -0.2) is 5.21 Å². The van der Waals surface area contributed by atoms with Crippen molar-refractivity contribution in [1.82, 2.24) is 0 Å². The third kappa shape index (κ3) is 2.07. The largest absolute Gasteiger partial charge is 0.456 e. The molecule has 0 unspecified atom stereocenters. The molecule has 3 heteroatoms. The van der Waals surface area contributed by atoms with Crippen molar-refractivity contribution in [2.24, 2.45) is 5.16 Å². The van der Waals surface area contributed by atoms with Gasteiger partial charge in [-0.2, -0.15) is 0 Å². The monoisotopic (exact) mass is 265 g/mol. The number of aryl methyl sites for hydroxylation is 2. The van der Waals surface area contributed by atoms with Gasteiger partial charge in [0.05, 0.1) is 0 Å². The lowest BCUT2D eigenvalue weighted by molar-refractivity contribution is 0.302. The highest BCUT2D eigenvalue weighted by molar-refractivity contribution is 5.80. The van der Waals surface area contributed by atoms with Crippen molar-refractivity contribution >= 4 is 11.0 Å². The molecule has 3 aromatic rings. The molecule has 0 saturated carbocycles. The zero-order valence-corrected chi connectivity index (χ0v) is 11.4. The van der Waals surface area contributed by atoms with Crippen molar-refractivity contribution in [2.45, 2.75) is 13.8 Å². The van der Waals surface area contributed by atoms with E-state index in [0.717, 1.165) is 27.7 Å². The van der Waals surface area contributed by atoms with Crippen LogP contribution in [0.2, 0.25) is 0 Å². The van der Waals surface area contributed by atoms with Gasteiger partial charge in [0.1, 0.15) is 16.7 Å². The molecule has 0 aliphatic carbocycles. The van der Waals surface area contributed by atoms with E-state index in [-0.39, 0.29) is 0 Å². The minimum Gasteiger partial charge on any atom is -0.456 e. The second-order valence-electron chi connectivity index (χ2n) is 4.89. The first-order valence-corrected chi connectivity index (χ1v) is 6.47. The summed E-state index contributed by atoms with van der Waals surface area (Å²) in [6.45, 7) is 4.07. The van der Waals surface area contributed by atoms with Crippen LogP contribution in [0.15, 0.2) is 58.1 Å². The van der Waals surface area contributed by atoms with E-state index in [4.69, 9.17) is 4.42 Å². The molecule has 0 radical (unpaired) electrons. The van der Waals surface area contributed by atoms with Crippen LogP contribution in [0.4, 0.5) is 0 Å². The first kappa shape index (κ1) is 12.5. The Hall–Kier alpha value is -2.55. The fourth-order valence-corrected chi connectivity index (χ4v) is 2.25. The van der Waals surface area contributed by atoms with Crippen LogP contribution in [0.25, 0.3) is 22.3 Å². The van der Waals surface area contributed by atoms with E-state index in [1.54, 1.807) is 6.07 Å². The van der Waals surface area contributed by atoms with Crippen molar-refractivity contribution in [3.63, 3.8) is 0 Å². The molecule has 1 N–H and O–H groups in total. The van der Waals surface area contributed by atoms with Gasteiger partial charge in [0.15, 0.2) is 0 Å². The highest BCUT2D eigenvalue weighted by Gasteiger charge is 2.07. The quantitative estimate of drug-likeness (QED) is 0.534. The van der Waals surface area contributed by atoms with Crippen LogP contribution in [0.3, 0.4) is 0 Å². The van der Waals surface area contributed by atoms with E-state index in [9.17, 15) is 5.21 Å². The molecule has 0 aliphatic rings. The second-order valence-corrected chi connectivity index (χ2v) is 4.89. The Morgan fingerprint density at radius 3 is 2.35 bits per heavy atom. The number of hydrogen-bond donors (Lipinski definition) is 1. The van der Waals surface area contributed by atoms with Gasteiger partial charge in [0, 0.05) is 17.0 Å². The molecule has 1 heterocycles. The fourth-order valence-electron chi connectivity index (χ4n) is 2.25. The minimum atomic E-state index is 0.521. The minimum absolute atomic E-state index is 0.521. The third-order valence-electron chi connectivity index (χ3n) is 3.53.